The molecule has 2 aromatic carbocycles. The van der Waals surface area contributed by atoms with E-state index in [1.54, 1.807) is 31.4 Å². The third-order valence-electron chi connectivity index (χ3n) is 4.88. The number of nitrogens with zero attached hydrogens (tertiary/aromatic N) is 3. The Balaban J connectivity index is 1.28. The monoisotopic (exact) mass is 438 g/mol. The molecule has 2 heterocycles. The number of thioether (sulfide) groups is 1. The lowest BCUT2D eigenvalue weighted by Gasteiger charge is -2.15. The maximum Gasteiger partial charge on any atom is 0.277 e. The van der Waals surface area contributed by atoms with Gasteiger partial charge in [0.15, 0.2) is 0 Å². The molecule has 2 amide bonds. The molecule has 9 heteroatoms. The van der Waals surface area contributed by atoms with Crippen molar-refractivity contribution in [3.63, 3.8) is 0 Å². The zero-order chi connectivity index (χ0) is 21.6. The van der Waals surface area contributed by atoms with Crippen LogP contribution in [0.2, 0.25) is 0 Å². The lowest BCUT2D eigenvalue weighted by Crippen LogP contribution is -2.27. The molecular weight excluding hydrogens is 416 g/mol. The summed E-state index contributed by atoms with van der Waals surface area (Å²) in [6, 6.07) is 14.2. The van der Waals surface area contributed by atoms with Crippen LogP contribution >= 0.6 is 11.8 Å². The molecule has 1 aliphatic heterocycles. The molecule has 1 aliphatic rings. The van der Waals surface area contributed by atoms with Crippen LogP contribution in [0.5, 0.6) is 5.75 Å². The van der Waals surface area contributed by atoms with E-state index in [0.717, 1.165) is 49.0 Å². The van der Waals surface area contributed by atoms with Gasteiger partial charge >= 0.3 is 0 Å². The van der Waals surface area contributed by atoms with Crippen molar-refractivity contribution in [1.29, 1.82) is 0 Å². The van der Waals surface area contributed by atoms with Crippen LogP contribution in [0.4, 0.5) is 5.69 Å². The van der Waals surface area contributed by atoms with Gasteiger partial charge in [-0.15, -0.1) is 10.2 Å². The summed E-state index contributed by atoms with van der Waals surface area (Å²) in [5, 5.41) is 11.1. The highest BCUT2D eigenvalue weighted by molar-refractivity contribution is 7.99. The van der Waals surface area contributed by atoms with Gasteiger partial charge in [0.05, 0.1) is 12.9 Å². The van der Waals surface area contributed by atoms with Crippen LogP contribution in [0, 0.1) is 0 Å². The highest BCUT2D eigenvalue weighted by Crippen LogP contribution is 2.25. The van der Waals surface area contributed by atoms with E-state index in [4.69, 9.17) is 9.15 Å². The van der Waals surface area contributed by atoms with Gasteiger partial charge in [0.25, 0.3) is 11.1 Å². The SMILES string of the molecule is COc1ccc(-c2nnc(SCC(=O)Nc3ccc(C(=O)N4CCCC4)cc3)o2)cc1. The summed E-state index contributed by atoms with van der Waals surface area (Å²) < 4.78 is 10.7. The molecule has 1 fully saturated rings. The molecular formula is C22H22N4O4S. The van der Waals surface area contributed by atoms with E-state index in [1.807, 2.05) is 29.2 Å². The lowest BCUT2D eigenvalue weighted by atomic mass is 10.2. The van der Waals surface area contributed by atoms with Gasteiger partial charge in [-0.1, -0.05) is 11.8 Å². The van der Waals surface area contributed by atoms with E-state index in [0.29, 0.717) is 22.4 Å². The Kier molecular flexibility index (Phi) is 6.51. The Bertz CT molecular complexity index is 1040. The number of likely N-dealkylation sites (tertiary alicyclic amines) is 1. The smallest absolute Gasteiger partial charge is 0.277 e. The zero-order valence-electron chi connectivity index (χ0n) is 17.0. The van der Waals surface area contributed by atoms with E-state index in [9.17, 15) is 9.59 Å². The van der Waals surface area contributed by atoms with Gasteiger partial charge in [0.2, 0.25) is 11.8 Å². The van der Waals surface area contributed by atoms with Crippen LogP contribution in [-0.2, 0) is 4.79 Å². The first-order valence-electron chi connectivity index (χ1n) is 9.92. The van der Waals surface area contributed by atoms with Crippen molar-refractivity contribution in [2.75, 3.05) is 31.3 Å². The molecule has 1 saturated heterocycles. The topological polar surface area (TPSA) is 97.6 Å². The minimum absolute atomic E-state index is 0.0370. The second-order valence-corrected chi connectivity index (χ2v) is 7.94. The van der Waals surface area contributed by atoms with E-state index >= 15 is 0 Å². The number of hydrogen-bond donors (Lipinski definition) is 1. The molecule has 0 unspecified atom stereocenters. The number of ether oxygens (including phenoxy) is 1. The highest BCUT2D eigenvalue weighted by atomic mass is 32.2. The highest BCUT2D eigenvalue weighted by Gasteiger charge is 2.19. The normalized spacial score (nSPS) is 13.3. The Morgan fingerprint density at radius 2 is 1.77 bits per heavy atom. The zero-order valence-corrected chi connectivity index (χ0v) is 17.9. The fourth-order valence-corrected chi connectivity index (χ4v) is 3.80. The van der Waals surface area contributed by atoms with Crippen molar-refractivity contribution in [3.8, 4) is 17.2 Å². The Morgan fingerprint density at radius 3 is 2.45 bits per heavy atom. The largest absolute Gasteiger partial charge is 0.497 e. The van der Waals surface area contributed by atoms with E-state index < -0.39 is 0 Å². The summed E-state index contributed by atoms with van der Waals surface area (Å²) >= 11 is 1.16. The van der Waals surface area contributed by atoms with Gasteiger partial charge in [-0.25, -0.2) is 0 Å². The predicted molar refractivity (Wildman–Crippen MR) is 117 cm³/mol. The number of benzene rings is 2. The number of methoxy groups -OCH3 is 1. The van der Waals surface area contributed by atoms with Crippen LogP contribution < -0.4 is 10.1 Å². The van der Waals surface area contributed by atoms with Gasteiger partial charge in [-0.3, -0.25) is 9.59 Å². The van der Waals surface area contributed by atoms with E-state index in [1.165, 1.54) is 0 Å². The number of nitrogens with one attached hydrogen (secondary N) is 1. The number of hydrogen-bond acceptors (Lipinski definition) is 7. The summed E-state index contributed by atoms with van der Waals surface area (Å²) in [6.45, 7) is 1.62. The molecule has 1 N–H and O–H groups in total. The minimum Gasteiger partial charge on any atom is -0.497 e. The van der Waals surface area contributed by atoms with Crippen molar-refractivity contribution in [3.05, 3.63) is 54.1 Å². The number of rotatable bonds is 7. The summed E-state index contributed by atoms with van der Waals surface area (Å²) in [5.74, 6) is 1.08. The number of anilines is 1. The van der Waals surface area contributed by atoms with Crippen LogP contribution in [-0.4, -0.2) is 52.9 Å². The first kappa shape index (κ1) is 20.9. The number of amides is 2. The van der Waals surface area contributed by atoms with E-state index in [2.05, 4.69) is 15.5 Å². The summed E-state index contributed by atoms with van der Waals surface area (Å²) in [4.78, 5) is 26.5. The molecule has 0 saturated carbocycles. The standard InChI is InChI=1S/C22H22N4O4S/c1-29-18-10-6-15(7-11-18)20-24-25-22(30-20)31-14-19(27)23-17-8-4-16(5-9-17)21(28)26-12-2-3-13-26/h4-11H,2-3,12-14H2,1H3,(H,23,27). The molecule has 0 aliphatic carbocycles. The van der Waals surface area contributed by atoms with Crippen LogP contribution in [0.15, 0.2) is 58.2 Å². The van der Waals surface area contributed by atoms with Crippen molar-refractivity contribution < 1.29 is 18.7 Å². The second-order valence-electron chi connectivity index (χ2n) is 7.02. The third kappa shape index (κ3) is 5.24. The maximum absolute atomic E-state index is 12.4. The quantitative estimate of drug-likeness (QED) is 0.562. The molecule has 0 spiro atoms. The molecule has 3 aromatic rings. The van der Waals surface area contributed by atoms with Crippen LogP contribution in [0.25, 0.3) is 11.5 Å². The van der Waals surface area contributed by atoms with Crippen molar-refractivity contribution in [1.82, 2.24) is 15.1 Å². The average molecular weight is 439 g/mol. The molecule has 0 atom stereocenters. The van der Waals surface area contributed by atoms with Gasteiger partial charge in [-0.05, 0) is 61.4 Å². The van der Waals surface area contributed by atoms with Crippen molar-refractivity contribution >= 4 is 29.3 Å². The van der Waals surface area contributed by atoms with Gasteiger partial charge < -0.3 is 19.4 Å². The first-order valence-corrected chi connectivity index (χ1v) is 10.9. The number of carbonyl (C=O) groups excluding carboxylic acids is 2. The first-order chi connectivity index (χ1) is 15.1. The average Bonchev–Trinajstić information content (AvgIpc) is 3.50. The molecule has 31 heavy (non-hydrogen) atoms. The Morgan fingerprint density at radius 1 is 1.06 bits per heavy atom. The molecule has 1 aromatic heterocycles. The third-order valence-corrected chi connectivity index (χ3v) is 5.70. The molecule has 0 bridgehead atoms. The predicted octanol–water partition coefficient (Wildman–Crippen LogP) is 3.71. The van der Waals surface area contributed by atoms with Crippen molar-refractivity contribution in [2.45, 2.75) is 18.1 Å². The fourth-order valence-electron chi connectivity index (χ4n) is 3.24. The fraction of sp³-hybridized carbons (Fsp3) is 0.273. The second kappa shape index (κ2) is 9.65. The van der Waals surface area contributed by atoms with Crippen LogP contribution in [0.3, 0.4) is 0 Å². The van der Waals surface area contributed by atoms with Gasteiger partial charge in [-0.2, -0.15) is 0 Å². The number of carbonyl (C=O) groups is 2. The van der Waals surface area contributed by atoms with Gasteiger partial charge in [0, 0.05) is 29.9 Å². The summed E-state index contributed by atoms with van der Waals surface area (Å²) in [7, 11) is 1.60. The Labute approximate surface area is 184 Å². The lowest BCUT2D eigenvalue weighted by molar-refractivity contribution is -0.113. The van der Waals surface area contributed by atoms with Gasteiger partial charge in [0.1, 0.15) is 5.75 Å². The summed E-state index contributed by atoms with van der Waals surface area (Å²) in [6.07, 6.45) is 2.11. The molecule has 160 valence electrons. The van der Waals surface area contributed by atoms with E-state index in [-0.39, 0.29) is 17.6 Å². The van der Waals surface area contributed by atoms with Crippen LogP contribution in [0.1, 0.15) is 23.2 Å². The van der Waals surface area contributed by atoms with Crippen molar-refractivity contribution in [2.24, 2.45) is 0 Å². The maximum atomic E-state index is 12.4. The summed E-state index contributed by atoms with van der Waals surface area (Å²) in [5.41, 5.74) is 2.03. The Hall–Kier alpha value is -3.33. The molecule has 8 nitrogen and oxygen atoms in total. The molecule has 0 radical (unpaired) electrons. The molecule has 4 rings (SSSR count). The minimum atomic E-state index is -0.201. The number of aromatic nitrogens is 2.